The van der Waals surface area contributed by atoms with Gasteiger partial charge >= 0.3 is 19.8 Å². The lowest BCUT2D eigenvalue weighted by molar-refractivity contribution is -0.870. The summed E-state index contributed by atoms with van der Waals surface area (Å²) in [5, 5.41) is 0. The maximum Gasteiger partial charge on any atom is 0.472 e. The maximum atomic E-state index is 12.6. The Morgan fingerprint density at radius 3 is 1.65 bits per heavy atom. The van der Waals surface area contributed by atoms with Gasteiger partial charge in [-0.1, -0.05) is 128 Å². The molecule has 9 nitrogen and oxygen atoms in total. The van der Waals surface area contributed by atoms with E-state index >= 15 is 0 Å². The van der Waals surface area contributed by atoms with Crippen molar-refractivity contribution >= 4 is 19.8 Å². The van der Waals surface area contributed by atoms with Gasteiger partial charge in [0.25, 0.3) is 0 Å². The third-order valence-electron chi connectivity index (χ3n) is 8.23. The van der Waals surface area contributed by atoms with Crippen molar-refractivity contribution in [3.05, 3.63) is 24.3 Å². The zero-order valence-electron chi connectivity index (χ0n) is 32.2. The molecule has 1 N–H and O–H groups in total. The minimum atomic E-state index is -4.36. The van der Waals surface area contributed by atoms with E-state index in [1.807, 2.05) is 21.1 Å². The standard InChI is InChI=1S/C39H74NO8P/c1-6-8-10-12-14-16-17-18-19-20-21-22-23-24-26-28-30-32-39(42)48-37(36-47-49(43,44)46-34-33-40(3,4)5)35-45-38(41)31-29-27-25-15-13-11-9-7-2/h14,16,18-19,37H,6-13,15,17,20-36H2,1-5H3/p+1/b16-14-,19-18-. The van der Waals surface area contributed by atoms with Crippen molar-refractivity contribution in [2.24, 2.45) is 0 Å². The van der Waals surface area contributed by atoms with Crippen molar-refractivity contribution in [2.75, 3.05) is 47.5 Å². The van der Waals surface area contributed by atoms with Gasteiger partial charge in [-0.05, 0) is 44.9 Å². The average Bonchev–Trinajstić information content (AvgIpc) is 3.04. The number of allylic oxidation sites excluding steroid dienone is 4. The molecule has 49 heavy (non-hydrogen) atoms. The molecule has 2 unspecified atom stereocenters. The lowest BCUT2D eigenvalue weighted by Gasteiger charge is -2.24. The summed E-state index contributed by atoms with van der Waals surface area (Å²) in [5.41, 5.74) is 0. The van der Waals surface area contributed by atoms with Gasteiger partial charge in [-0.3, -0.25) is 18.6 Å². The lowest BCUT2D eigenvalue weighted by atomic mass is 10.1. The van der Waals surface area contributed by atoms with Crippen LogP contribution in [0.2, 0.25) is 0 Å². The first-order valence-corrected chi connectivity index (χ1v) is 21.1. The van der Waals surface area contributed by atoms with Gasteiger partial charge in [0.1, 0.15) is 19.8 Å². The Kier molecular flexibility index (Phi) is 31.4. The fraction of sp³-hybridized carbons (Fsp3) is 0.846. The summed E-state index contributed by atoms with van der Waals surface area (Å²) in [6.45, 7) is 4.34. The number of hydrogen-bond donors (Lipinski definition) is 1. The normalized spacial score (nSPS) is 14.0. The van der Waals surface area contributed by atoms with Crippen LogP contribution in [0.3, 0.4) is 0 Å². The second-order valence-corrected chi connectivity index (χ2v) is 15.8. The summed E-state index contributed by atoms with van der Waals surface area (Å²) >= 11 is 0. The number of carbonyl (C=O) groups excluding carboxylic acids is 2. The number of phosphoric ester groups is 1. The Morgan fingerprint density at radius 2 is 1.10 bits per heavy atom. The molecule has 0 aliphatic heterocycles. The van der Waals surface area contributed by atoms with Crippen LogP contribution in [0.25, 0.3) is 0 Å². The van der Waals surface area contributed by atoms with Crippen molar-refractivity contribution in [3.8, 4) is 0 Å². The Hall–Kier alpha value is -1.51. The first kappa shape index (κ1) is 47.5. The number of phosphoric acid groups is 1. The topological polar surface area (TPSA) is 108 Å². The van der Waals surface area contributed by atoms with E-state index in [1.54, 1.807) is 0 Å². The highest BCUT2D eigenvalue weighted by Crippen LogP contribution is 2.43. The second-order valence-electron chi connectivity index (χ2n) is 14.3. The maximum absolute atomic E-state index is 12.6. The molecule has 0 heterocycles. The van der Waals surface area contributed by atoms with Crippen LogP contribution in [0.15, 0.2) is 24.3 Å². The van der Waals surface area contributed by atoms with Gasteiger partial charge in [-0.25, -0.2) is 4.57 Å². The van der Waals surface area contributed by atoms with Gasteiger partial charge in [0.2, 0.25) is 0 Å². The molecule has 0 saturated carbocycles. The van der Waals surface area contributed by atoms with Crippen LogP contribution in [0.4, 0.5) is 0 Å². The molecule has 0 fully saturated rings. The molecule has 0 aliphatic rings. The predicted molar refractivity (Wildman–Crippen MR) is 201 cm³/mol. The summed E-state index contributed by atoms with van der Waals surface area (Å²) in [6.07, 6.45) is 32.3. The Balaban J connectivity index is 4.38. The van der Waals surface area contributed by atoms with E-state index in [9.17, 15) is 19.0 Å². The van der Waals surface area contributed by atoms with Crippen LogP contribution in [-0.4, -0.2) is 74.9 Å². The first-order chi connectivity index (χ1) is 23.5. The molecule has 288 valence electrons. The molecular weight excluding hydrogens is 641 g/mol. The van der Waals surface area contributed by atoms with Crippen molar-refractivity contribution in [3.63, 3.8) is 0 Å². The van der Waals surface area contributed by atoms with Gasteiger partial charge in [-0.15, -0.1) is 0 Å². The molecule has 0 spiro atoms. The fourth-order valence-electron chi connectivity index (χ4n) is 5.10. The van der Waals surface area contributed by atoms with Crippen molar-refractivity contribution in [2.45, 2.75) is 168 Å². The Labute approximate surface area is 300 Å². The van der Waals surface area contributed by atoms with Gasteiger partial charge in [0.05, 0.1) is 27.7 Å². The number of unbranched alkanes of at least 4 members (excludes halogenated alkanes) is 17. The average molecular weight is 717 g/mol. The number of carbonyl (C=O) groups is 2. The third kappa shape index (κ3) is 36.1. The SMILES string of the molecule is CCCCC/C=C\C/C=C\CCCCCCCCCC(=O)OC(COC(=O)CCCCCCCCCC)COP(=O)(O)OCC[N+](C)(C)C. The molecule has 0 aliphatic carbocycles. The molecule has 2 atom stereocenters. The van der Waals surface area contributed by atoms with E-state index in [1.165, 1.54) is 77.0 Å². The van der Waals surface area contributed by atoms with E-state index < -0.39 is 26.5 Å². The number of rotatable bonds is 35. The van der Waals surface area contributed by atoms with E-state index in [2.05, 4.69) is 38.2 Å². The highest BCUT2D eigenvalue weighted by atomic mass is 31.2. The van der Waals surface area contributed by atoms with Crippen molar-refractivity contribution < 1.29 is 42.1 Å². The van der Waals surface area contributed by atoms with Crippen LogP contribution in [0.1, 0.15) is 162 Å². The number of nitrogens with zero attached hydrogens (tertiary/aromatic N) is 1. The van der Waals surface area contributed by atoms with Gasteiger partial charge in [0, 0.05) is 12.8 Å². The minimum absolute atomic E-state index is 0.0312. The first-order valence-electron chi connectivity index (χ1n) is 19.6. The van der Waals surface area contributed by atoms with E-state index in [0.717, 1.165) is 51.4 Å². The number of ether oxygens (including phenoxy) is 2. The van der Waals surface area contributed by atoms with E-state index in [-0.39, 0.29) is 32.0 Å². The van der Waals surface area contributed by atoms with Gasteiger partial charge in [0.15, 0.2) is 6.10 Å². The lowest BCUT2D eigenvalue weighted by Crippen LogP contribution is -2.37. The monoisotopic (exact) mass is 717 g/mol. The molecule has 0 radical (unpaired) electrons. The highest BCUT2D eigenvalue weighted by Gasteiger charge is 2.27. The molecule has 0 amide bonds. The molecular formula is C39H75NO8P+. The summed E-state index contributed by atoms with van der Waals surface area (Å²) in [6, 6.07) is 0. The molecule has 0 bridgehead atoms. The predicted octanol–water partition coefficient (Wildman–Crippen LogP) is 10.4. The van der Waals surface area contributed by atoms with Crippen molar-refractivity contribution in [1.29, 1.82) is 0 Å². The Bertz CT molecular complexity index is 902. The van der Waals surface area contributed by atoms with Crippen LogP contribution in [-0.2, 0) is 32.7 Å². The third-order valence-corrected chi connectivity index (χ3v) is 9.22. The van der Waals surface area contributed by atoms with Gasteiger partial charge in [-0.2, -0.15) is 0 Å². The Morgan fingerprint density at radius 1 is 0.633 bits per heavy atom. The minimum Gasteiger partial charge on any atom is -0.462 e. The van der Waals surface area contributed by atoms with Crippen LogP contribution >= 0.6 is 7.82 Å². The van der Waals surface area contributed by atoms with E-state index in [0.29, 0.717) is 17.4 Å². The summed E-state index contributed by atoms with van der Waals surface area (Å²) in [4.78, 5) is 35.1. The number of esters is 2. The molecule has 10 heteroatoms. The molecule has 0 saturated heterocycles. The van der Waals surface area contributed by atoms with Crippen LogP contribution in [0.5, 0.6) is 0 Å². The second kappa shape index (κ2) is 32.4. The summed E-state index contributed by atoms with van der Waals surface area (Å²) in [7, 11) is 1.47. The van der Waals surface area contributed by atoms with Gasteiger partial charge < -0.3 is 18.9 Å². The quantitative estimate of drug-likeness (QED) is 0.0227. The molecule has 0 aromatic carbocycles. The van der Waals surface area contributed by atoms with Crippen LogP contribution in [0, 0.1) is 0 Å². The summed E-state index contributed by atoms with van der Waals surface area (Å²) in [5.74, 6) is -0.811. The zero-order valence-corrected chi connectivity index (χ0v) is 33.1. The van der Waals surface area contributed by atoms with Crippen molar-refractivity contribution in [1.82, 2.24) is 0 Å². The number of likely N-dealkylation sites (N-methyl/N-ethyl adjacent to an activating group) is 1. The van der Waals surface area contributed by atoms with Crippen LogP contribution < -0.4 is 0 Å². The molecule has 0 rings (SSSR count). The number of hydrogen-bond acceptors (Lipinski definition) is 7. The molecule has 0 aromatic rings. The molecule has 0 aromatic heterocycles. The summed E-state index contributed by atoms with van der Waals surface area (Å²) < 4.78 is 34.1. The zero-order chi connectivity index (χ0) is 36.5. The van der Waals surface area contributed by atoms with E-state index in [4.69, 9.17) is 18.5 Å². The fourth-order valence-corrected chi connectivity index (χ4v) is 5.84. The highest BCUT2D eigenvalue weighted by molar-refractivity contribution is 7.47. The smallest absolute Gasteiger partial charge is 0.462 e. The largest absolute Gasteiger partial charge is 0.472 e. The number of quaternary nitrogens is 1.